The zero-order valence-electron chi connectivity index (χ0n) is 12.2. The summed E-state index contributed by atoms with van der Waals surface area (Å²) in [7, 11) is 6.44. The zero-order chi connectivity index (χ0) is 12.7. The first-order valence-electron chi connectivity index (χ1n) is 7.23. The summed E-state index contributed by atoms with van der Waals surface area (Å²) in [5, 5.41) is 3.46. The van der Waals surface area contributed by atoms with Gasteiger partial charge in [0.25, 0.3) is 0 Å². The van der Waals surface area contributed by atoms with Crippen molar-refractivity contribution in [3.05, 3.63) is 0 Å². The van der Waals surface area contributed by atoms with Gasteiger partial charge >= 0.3 is 0 Å². The van der Waals surface area contributed by atoms with Gasteiger partial charge in [0.1, 0.15) is 0 Å². The van der Waals surface area contributed by atoms with Crippen molar-refractivity contribution in [1.82, 2.24) is 15.1 Å². The third kappa shape index (κ3) is 5.36. The van der Waals surface area contributed by atoms with Crippen LogP contribution in [0.3, 0.4) is 0 Å². The number of hydrogen-bond donors (Lipinski definition) is 1. The molecular formula is C14H31N3. The Morgan fingerprint density at radius 2 is 1.88 bits per heavy atom. The summed E-state index contributed by atoms with van der Waals surface area (Å²) < 4.78 is 0. The number of likely N-dealkylation sites (N-methyl/N-ethyl adjacent to an activating group) is 1. The highest BCUT2D eigenvalue weighted by Crippen LogP contribution is 2.23. The van der Waals surface area contributed by atoms with E-state index in [2.05, 4.69) is 43.2 Å². The highest BCUT2D eigenvalue weighted by atomic mass is 15.2. The van der Waals surface area contributed by atoms with Crippen LogP contribution in [0.25, 0.3) is 0 Å². The molecule has 1 aliphatic rings. The van der Waals surface area contributed by atoms with Crippen LogP contribution in [-0.4, -0.2) is 62.7 Å². The molecule has 0 spiro atoms. The van der Waals surface area contributed by atoms with Crippen LogP contribution in [0.15, 0.2) is 0 Å². The summed E-state index contributed by atoms with van der Waals surface area (Å²) in [6.07, 6.45) is 6.75. The van der Waals surface area contributed by atoms with Crippen LogP contribution in [-0.2, 0) is 0 Å². The van der Waals surface area contributed by atoms with Crippen LogP contribution in [0.5, 0.6) is 0 Å². The normalized spacial score (nSPS) is 25.8. The van der Waals surface area contributed by atoms with Crippen molar-refractivity contribution in [2.45, 2.75) is 51.1 Å². The van der Waals surface area contributed by atoms with Crippen LogP contribution < -0.4 is 5.32 Å². The smallest absolute Gasteiger partial charge is 0.0112 e. The van der Waals surface area contributed by atoms with E-state index in [9.17, 15) is 0 Å². The summed E-state index contributed by atoms with van der Waals surface area (Å²) in [5.41, 5.74) is 0. The minimum absolute atomic E-state index is 0.743. The Kier molecular flexibility index (Phi) is 7.09. The van der Waals surface area contributed by atoms with E-state index in [1.807, 2.05) is 0 Å². The first-order chi connectivity index (χ1) is 8.17. The van der Waals surface area contributed by atoms with Gasteiger partial charge < -0.3 is 10.2 Å². The Hall–Kier alpha value is -0.120. The maximum absolute atomic E-state index is 3.46. The molecule has 1 rings (SSSR count). The Labute approximate surface area is 108 Å². The van der Waals surface area contributed by atoms with Gasteiger partial charge in [-0.1, -0.05) is 13.3 Å². The summed E-state index contributed by atoms with van der Waals surface area (Å²) in [6.45, 7) is 5.96. The zero-order valence-corrected chi connectivity index (χ0v) is 12.2. The van der Waals surface area contributed by atoms with Crippen molar-refractivity contribution in [2.75, 3.05) is 40.8 Å². The van der Waals surface area contributed by atoms with Crippen LogP contribution in [0.2, 0.25) is 0 Å². The van der Waals surface area contributed by atoms with E-state index in [4.69, 9.17) is 0 Å². The lowest BCUT2D eigenvalue weighted by Gasteiger charge is -2.38. The van der Waals surface area contributed by atoms with Crippen LogP contribution in [0.4, 0.5) is 0 Å². The summed E-state index contributed by atoms with van der Waals surface area (Å²) >= 11 is 0. The number of hydrogen-bond acceptors (Lipinski definition) is 3. The van der Waals surface area contributed by atoms with Gasteiger partial charge in [0.05, 0.1) is 0 Å². The molecule has 2 unspecified atom stereocenters. The van der Waals surface area contributed by atoms with E-state index >= 15 is 0 Å². The first kappa shape index (κ1) is 14.9. The molecule has 1 N–H and O–H groups in total. The van der Waals surface area contributed by atoms with E-state index in [1.54, 1.807) is 0 Å². The largest absolute Gasteiger partial charge is 0.317 e. The molecule has 3 heteroatoms. The van der Waals surface area contributed by atoms with Gasteiger partial charge in [0.2, 0.25) is 0 Å². The predicted octanol–water partition coefficient (Wildman–Crippen LogP) is 1.79. The molecule has 0 aromatic carbocycles. The maximum atomic E-state index is 3.46. The molecule has 0 amide bonds. The number of rotatable bonds is 7. The molecular weight excluding hydrogens is 210 g/mol. The van der Waals surface area contributed by atoms with E-state index < -0.39 is 0 Å². The molecule has 0 bridgehead atoms. The lowest BCUT2D eigenvalue weighted by molar-refractivity contribution is 0.131. The fourth-order valence-corrected chi connectivity index (χ4v) is 2.85. The standard InChI is InChI=1S/C14H31N3/c1-5-9-17(11-10-16(3)4)14-8-6-7-13(12-14)15-2/h13-15H,5-12H2,1-4H3. The van der Waals surface area contributed by atoms with Gasteiger partial charge in [0.15, 0.2) is 0 Å². The quantitative estimate of drug-likeness (QED) is 0.733. The molecule has 1 fully saturated rings. The fourth-order valence-electron chi connectivity index (χ4n) is 2.85. The Bertz CT molecular complexity index is 194. The van der Waals surface area contributed by atoms with E-state index in [-0.39, 0.29) is 0 Å². The minimum atomic E-state index is 0.743. The van der Waals surface area contributed by atoms with Crippen molar-refractivity contribution in [3.8, 4) is 0 Å². The average molecular weight is 241 g/mol. The highest BCUT2D eigenvalue weighted by Gasteiger charge is 2.25. The summed E-state index contributed by atoms with van der Waals surface area (Å²) in [4.78, 5) is 5.00. The molecule has 17 heavy (non-hydrogen) atoms. The lowest BCUT2D eigenvalue weighted by atomic mass is 9.90. The van der Waals surface area contributed by atoms with Gasteiger partial charge in [-0.2, -0.15) is 0 Å². The van der Waals surface area contributed by atoms with Gasteiger partial charge in [0, 0.05) is 25.2 Å². The van der Waals surface area contributed by atoms with Crippen molar-refractivity contribution >= 4 is 0 Å². The summed E-state index contributed by atoms with van der Waals surface area (Å²) in [6, 6.07) is 1.55. The highest BCUT2D eigenvalue weighted by molar-refractivity contribution is 4.83. The molecule has 0 heterocycles. The van der Waals surface area contributed by atoms with Gasteiger partial charge in [-0.25, -0.2) is 0 Å². The monoisotopic (exact) mass is 241 g/mol. The second-order valence-electron chi connectivity index (χ2n) is 5.65. The van der Waals surface area contributed by atoms with Gasteiger partial charge in [-0.15, -0.1) is 0 Å². The molecule has 102 valence electrons. The minimum Gasteiger partial charge on any atom is -0.317 e. The third-order valence-electron chi connectivity index (χ3n) is 3.92. The van der Waals surface area contributed by atoms with Crippen molar-refractivity contribution < 1.29 is 0 Å². The van der Waals surface area contributed by atoms with Crippen molar-refractivity contribution in [3.63, 3.8) is 0 Å². The molecule has 0 aromatic rings. The molecule has 0 saturated heterocycles. The third-order valence-corrected chi connectivity index (χ3v) is 3.92. The molecule has 1 aliphatic carbocycles. The Morgan fingerprint density at radius 1 is 1.12 bits per heavy atom. The summed E-state index contributed by atoms with van der Waals surface area (Å²) in [5.74, 6) is 0. The van der Waals surface area contributed by atoms with Gasteiger partial charge in [-0.05, 0) is 53.4 Å². The van der Waals surface area contributed by atoms with E-state index in [0.717, 1.165) is 12.1 Å². The Morgan fingerprint density at radius 3 is 2.47 bits per heavy atom. The van der Waals surface area contributed by atoms with E-state index in [1.165, 1.54) is 51.7 Å². The number of nitrogens with one attached hydrogen (secondary N) is 1. The van der Waals surface area contributed by atoms with Gasteiger partial charge in [-0.3, -0.25) is 4.90 Å². The molecule has 0 radical (unpaired) electrons. The first-order valence-corrected chi connectivity index (χ1v) is 7.23. The van der Waals surface area contributed by atoms with E-state index in [0.29, 0.717) is 0 Å². The molecule has 3 nitrogen and oxygen atoms in total. The fraction of sp³-hybridized carbons (Fsp3) is 1.00. The predicted molar refractivity (Wildman–Crippen MR) is 75.5 cm³/mol. The SMILES string of the molecule is CCCN(CCN(C)C)C1CCCC(NC)C1. The lowest BCUT2D eigenvalue weighted by Crippen LogP contribution is -2.46. The second-order valence-corrected chi connectivity index (χ2v) is 5.65. The molecule has 0 aromatic heterocycles. The molecule has 1 saturated carbocycles. The van der Waals surface area contributed by atoms with Crippen LogP contribution in [0.1, 0.15) is 39.0 Å². The average Bonchev–Trinajstić information content (AvgIpc) is 2.34. The Balaban J connectivity index is 2.44. The van der Waals surface area contributed by atoms with Crippen LogP contribution >= 0.6 is 0 Å². The van der Waals surface area contributed by atoms with Crippen molar-refractivity contribution in [2.24, 2.45) is 0 Å². The maximum Gasteiger partial charge on any atom is 0.0112 e. The molecule has 2 atom stereocenters. The number of nitrogens with zero attached hydrogens (tertiary/aromatic N) is 2. The topological polar surface area (TPSA) is 18.5 Å². The van der Waals surface area contributed by atoms with Crippen molar-refractivity contribution in [1.29, 1.82) is 0 Å². The molecule has 0 aliphatic heterocycles. The second kappa shape index (κ2) is 8.06. The van der Waals surface area contributed by atoms with Crippen LogP contribution in [0, 0.1) is 0 Å².